The third kappa shape index (κ3) is 7.81. The van der Waals surface area contributed by atoms with Gasteiger partial charge < -0.3 is 19.5 Å². The van der Waals surface area contributed by atoms with E-state index < -0.39 is 5.97 Å². The van der Waals surface area contributed by atoms with E-state index in [0.29, 0.717) is 43.0 Å². The number of fused-ring (bicyclic) bond motifs is 1. The average Bonchev–Trinajstić information content (AvgIpc) is 3.92. The van der Waals surface area contributed by atoms with Gasteiger partial charge in [-0.3, -0.25) is 19.5 Å². The summed E-state index contributed by atoms with van der Waals surface area (Å²) in [6.07, 6.45) is 6.37. The Morgan fingerprint density at radius 1 is 1.04 bits per heavy atom. The Hall–Kier alpha value is -4.31. The highest BCUT2D eigenvalue weighted by atomic mass is 19.1. The summed E-state index contributed by atoms with van der Waals surface area (Å²) in [6.45, 7) is 7.58. The van der Waals surface area contributed by atoms with Crippen LogP contribution in [0.2, 0.25) is 0 Å². The number of nitrogens with zero attached hydrogens (tertiary/aromatic N) is 3. The van der Waals surface area contributed by atoms with Crippen LogP contribution in [0.3, 0.4) is 0 Å². The van der Waals surface area contributed by atoms with Crippen LogP contribution in [0.5, 0.6) is 5.75 Å². The number of carboxylic acid groups (broad SMARTS) is 1. The number of ether oxygens (including phenoxy) is 2. The van der Waals surface area contributed by atoms with Crippen molar-refractivity contribution in [1.82, 2.24) is 14.8 Å². The molecule has 0 unspecified atom stereocenters. The number of benzene rings is 2. The number of carbonyl (C=O) groups is 3. The van der Waals surface area contributed by atoms with Crippen LogP contribution in [-0.4, -0.2) is 77.6 Å². The van der Waals surface area contributed by atoms with Crippen molar-refractivity contribution >= 4 is 18.3 Å². The zero-order valence-corrected chi connectivity index (χ0v) is 27.5. The maximum absolute atomic E-state index is 13.7. The second-order valence-electron chi connectivity index (χ2n) is 12.3. The summed E-state index contributed by atoms with van der Waals surface area (Å²) >= 11 is 0. The molecular formula is C37H44FN3O6. The number of piperidine rings is 1. The van der Waals surface area contributed by atoms with Gasteiger partial charge in [-0.05, 0) is 92.0 Å². The van der Waals surface area contributed by atoms with Crippen LogP contribution in [0, 0.1) is 5.82 Å². The van der Waals surface area contributed by atoms with Gasteiger partial charge in [0.05, 0.1) is 36.2 Å². The largest absolute Gasteiger partial charge is 0.494 e. The van der Waals surface area contributed by atoms with Crippen LogP contribution in [0.25, 0.3) is 11.1 Å². The van der Waals surface area contributed by atoms with Crippen molar-refractivity contribution in [2.45, 2.75) is 77.3 Å². The zero-order valence-electron chi connectivity index (χ0n) is 27.5. The van der Waals surface area contributed by atoms with E-state index in [2.05, 4.69) is 17.0 Å². The Labute approximate surface area is 275 Å². The highest BCUT2D eigenvalue weighted by Gasteiger charge is 2.35. The Morgan fingerprint density at radius 3 is 2.36 bits per heavy atom. The lowest BCUT2D eigenvalue weighted by Crippen LogP contribution is -2.50. The van der Waals surface area contributed by atoms with Crippen molar-refractivity contribution < 1.29 is 33.4 Å². The van der Waals surface area contributed by atoms with Gasteiger partial charge in [-0.15, -0.1) is 0 Å². The summed E-state index contributed by atoms with van der Waals surface area (Å²) < 4.78 is 24.8. The number of carbonyl (C=O) groups excluding carboxylic acids is 2. The number of aryl methyl sites for hydroxylation is 1. The molecule has 9 nitrogen and oxygen atoms in total. The Kier molecular flexibility index (Phi) is 11.2. The Bertz CT molecular complexity index is 1580. The van der Waals surface area contributed by atoms with Gasteiger partial charge in [-0.25, -0.2) is 9.18 Å². The molecule has 3 heterocycles. The van der Waals surface area contributed by atoms with Crippen molar-refractivity contribution in [3.05, 3.63) is 81.9 Å². The van der Waals surface area contributed by atoms with E-state index in [-0.39, 0.29) is 24.2 Å². The van der Waals surface area contributed by atoms with Gasteiger partial charge >= 0.3 is 5.97 Å². The fourth-order valence-corrected chi connectivity index (χ4v) is 6.81. The van der Waals surface area contributed by atoms with E-state index in [4.69, 9.17) is 24.4 Å². The summed E-state index contributed by atoms with van der Waals surface area (Å²) in [6, 6.07) is 13.1. The van der Waals surface area contributed by atoms with Gasteiger partial charge in [-0.2, -0.15) is 0 Å². The third-order valence-electron chi connectivity index (χ3n) is 9.25. The number of hydrogen-bond acceptors (Lipinski definition) is 7. The van der Waals surface area contributed by atoms with E-state index in [1.807, 2.05) is 30.9 Å². The highest BCUT2D eigenvalue weighted by molar-refractivity contribution is 6.00. The first kappa shape index (κ1) is 34.0. The molecular weight excluding hydrogens is 601 g/mol. The van der Waals surface area contributed by atoms with Crippen LogP contribution in [-0.2, 0) is 28.9 Å². The molecule has 1 aliphatic carbocycles. The third-order valence-corrected chi connectivity index (χ3v) is 9.25. The molecule has 3 aromatic rings. The topological polar surface area (TPSA) is 109 Å². The van der Waals surface area contributed by atoms with Gasteiger partial charge in [0.2, 0.25) is 0 Å². The summed E-state index contributed by atoms with van der Waals surface area (Å²) in [4.78, 5) is 43.7. The molecule has 47 heavy (non-hydrogen) atoms. The molecule has 250 valence electrons. The first-order valence-electron chi connectivity index (χ1n) is 16.6. The molecule has 0 spiro atoms. The molecule has 0 bridgehead atoms. The predicted octanol–water partition coefficient (Wildman–Crippen LogP) is 6.27. The molecule has 0 radical (unpaired) electrons. The minimum absolute atomic E-state index is 0.0329. The second kappa shape index (κ2) is 15.5. The van der Waals surface area contributed by atoms with E-state index >= 15 is 0 Å². The van der Waals surface area contributed by atoms with Crippen molar-refractivity contribution in [1.29, 1.82) is 0 Å². The predicted molar refractivity (Wildman–Crippen MR) is 176 cm³/mol. The fourth-order valence-electron chi connectivity index (χ4n) is 6.81. The number of pyridine rings is 1. The SMILES string of the molecule is CCCc1nc2c(cc1C(=O)OC)C(=O)N(C1CCN(Cc3cc(C4CC4)c(-c4ccc(F)cc4)cc3OCC)CC1)CC2.O=CO. The van der Waals surface area contributed by atoms with E-state index in [9.17, 15) is 14.0 Å². The lowest BCUT2D eigenvalue weighted by molar-refractivity contribution is -0.122. The summed E-state index contributed by atoms with van der Waals surface area (Å²) in [5, 5.41) is 6.89. The lowest BCUT2D eigenvalue weighted by Gasteiger charge is -2.40. The number of likely N-dealkylation sites (tertiary alicyclic amines) is 1. The molecule has 3 aliphatic rings. The van der Waals surface area contributed by atoms with Crippen LogP contribution in [0.15, 0.2) is 42.5 Å². The van der Waals surface area contributed by atoms with Crippen LogP contribution in [0.1, 0.15) is 95.1 Å². The van der Waals surface area contributed by atoms with Gasteiger partial charge in [-0.1, -0.05) is 25.5 Å². The molecule has 6 rings (SSSR count). The quantitative estimate of drug-likeness (QED) is 0.203. The average molecular weight is 646 g/mol. The molecule has 2 aliphatic heterocycles. The van der Waals surface area contributed by atoms with Crippen molar-refractivity contribution in [2.75, 3.05) is 33.4 Å². The van der Waals surface area contributed by atoms with Crippen molar-refractivity contribution in [3.63, 3.8) is 0 Å². The monoisotopic (exact) mass is 645 g/mol. The summed E-state index contributed by atoms with van der Waals surface area (Å²) in [5.74, 6) is 0.720. The van der Waals surface area contributed by atoms with Crippen molar-refractivity contribution in [2.24, 2.45) is 0 Å². The number of amides is 1. The van der Waals surface area contributed by atoms with Crippen LogP contribution < -0.4 is 4.74 Å². The first-order valence-corrected chi connectivity index (χ1v) is 16.6. The molecule has 10 heteroatoms. The molecule has 0 atom stereocenters. The number of halogens is 1. The first-order chi connectivity index (χ1) is 22.8. The number of esters is 1. The number of hydrogen-bond donors (Lipinski definition) is 1. The minimum atomic E-state index is -0.441. The van der Waals surface area contributed by atoms with Gasteiger partial charge in [0.25, 0.3) is 12.4 Å². The van der Waals surface area contributed by atoms with Crippen LogP contribution in [0.4, 0.5) is 4.39 Å². The van der Waals surface area contributed by atoms with E-state index in [1.54, 1.807) is 6.07 Å². The second-order valence-corrected chi connectivity index (χ2v) is 12.3. The summed E-state index contributed by atoms with van der Waals surface area (Å²) in [7, 11) is 1.36. The molecule has 1 aromatic heterocycles. The van der Waals surface area contributed by atoms with Gasteiger partial charge in [0.1, 0.15) is 11.6 Å². The highest BCUT2D eigenvalue weighted by Crippen LogP contribution is 2.46. The smallest absolute Gasteiger partial charge is 0.339 e. The maximum Gasteiger partial charge on any atom is 0.339 e. The molecule has 1 amide bonds. The number of aromatic nitrogens is 1. The molecule has 2 fully saturated rings. The number of rotatable bonds is 10. The summed E-state index contributed by atoms with van der Waals surface area (Å²) in [5.41, 5.74) is 7.11. The van der Waals surface area contributed by atoms with Crippen LogP contribution >= 0.6 is 0 Å². The molecule has 1 N–H and O–H groups in total. The van der Waals surface area contributed by atoms with Gasteiger partial charge in [0, 0.05) is 44.2 Å². The normalized spacial score (nSPS) is 16.6. The van der Waals surface area contributed by atoms with Gasteiger partial charge in [0.15, 0.2) is 0 Å². The molecule has 1 saturated heterocycles. The Morgan fingerprint density at radius 2 is 1.74 bits per heavy atom. The molecule has 2 aromatic carbocycles. The maximum atomic E-state index is 13.7. The molecule has 1 saturated carbocycles. The lowest BCUT2D eigenvalue weighted by atomic mass is 9.93. The Balaban J connectivity index is 0.00000139. The van der Waals surface area contributed by atoms with E-state index in [0.717, 1.165) is 67.2 Å². The fraction of sp³-hybridized carbons (Fsp3) is 0.459. The minimum Gasteiger partial charge on any atom is -0.494 e. The van der Waals surface area contributed by atoms with Crippen molar-refractivity contribution in [3.8, 4) is 16.9 Å². The van der Waals surface area contributed by atoms with E-state index in [1.165, 1.54) is 43.2 Å². The number of methoxy groups -OCH3 is 1. The standard InChI is InChI=1S/C36H42FN3O4.CH2O2/c1-4-6-32-31(36(42)43-3)20-30-33(38-32)15-18-40(35(30)41)27-13-16-39(17-14-27)22-25-19-28(23-7-8-23)29(21-34(25)44-5-2)24-9-11-26(37)12-10-24;2-1-3/h9-12,19-21,23,27H,4-8,13-18,22H2,1-3H3;1H,(H,2,3). The zero-order chi connectivity index (χ0) is 33.5.